The van der Waals surface area contributed by atoms with Gasteiger partial charge in [0.25, 0.3) is 11.1 Å². The van der Waals surface area contributed by atoms with Crippen LogP contribution in [0.25, 0.3) is 21.3 Å². The lowest BCUT2D eigenvalue weighted by molar-refractivity contribution is 0.466. The average molecular weight is 372 g/mol. The van der Waals surface area contributed by atoms with Crippen molar-refractivity contribution in [1.82, 2.24) is 15.2 Å². The molecule has 0 N–H and O–H groups in total. The molecular formula is C17H13N3OS3. The molecule has 0 fully saturated rings. The third kappa shape index (κ3) is 3.43. The number of thioether (sulfide) groups is 1. The zero-order valence-electron chi connectivity index (χ0n) is 12.8. The van der Waals surface area contributed by atoms with Gasteiger partial charge in [0.15, 0.2) is 0 Å². The van der Waals surface area contributed by atoms with E-state index in [0.29, 0.717) is 16.9 Å². The number of benzene rings is 1. The van der Waals surface area contributed by atoms with E-state index in [4.69, 9.17) is 9.40 Å². The molecule has 120 valence electrons. The molecule has 0 atom stereocenters. The molecule has 0 aliphatic heterocycles. The van der Waals surface area contributed by atoms with Gasteiger partial charge in [-0.3, -0.25) is 0 Å². The Labute approximate surface area is 151 Å². The Hall–Kier alpha value is -1.96. The van der Waals surface area contributed by atoms with Crippen LogP contribution in [0.1, 0.15) is 11.3 Å². The molecule has 0 aliphatic carbocycles. The predicted molar refractivity (Wildman–Crippen MR) is 99.5 cm³/mol. The Morgan fingerprint density at radius 2 is 1.96 bits per heavy atom. The van der Waals surface area contributed by atoms with E-state index in [1.54, 1.807) is 22.7 Å². The topological polar surface area (TPSA) is 51.8 Å². The number of rotatable bonds is 5. The summed E-state index contributed by atoms with van der Waals surface area (Å²) in [6, 6.07) is 12.4. The second-order valence-electron chi connectivity index (χ2n) is 5.15. The maximum absolute atomic E-state index is 5.68. The number of thiophene rings is 1. The molecule has 24 heavy (non-hydrogen) atoms. The first kappa shape index (κ1) is 15.6. The molecule has 0 bridgehead atoms. The standard InChI is InChI=1S/C17H13N3OS3/c1-11-4-6-12(7-5-11)16-18-13(9-23-16)10-24-17-20-19-15(21-17)14-3-2-8-22-14/h2-9H,10H2,1H3. The van der Waals surface area contributed by atoms with Crippen LogP contribution in [-0.2, 0) is 5.75 Å². The van der Waals surface area contributed by atoms with Crippen molar-refractivity contribution >= 4 is 34.4 Å². The normalized spacial score (nSPS) is 11.0. The Morgan fingerprint density at radius 1 is 1.08 bits per heavy atom. The lowest BCUT2D eigenvalue weighted by atomic mass is 10.2. The van der Waals surface area contributed by atoms with E-state index in [0.717, 1.165) is 21.1 Å². The van der Waals surface area contributed by atoms with Gasteiger partial charge in [0.2, 0.25) is 0 Å². The molecule has 3 heterocycles. The fourth-order valence-corrected chi connectivity index (χ4v) is 4.34. The maximum atomic E-state index is 5.68. The largest absolute Gasteiger partial charge is 0.410 e. The summed E-state index contributed by atoms with van der Waals surface area (Å²) in [4.78, 5) is 5.68. The number of nitrogens with zero attached hydrogens (tertiary/aromatic N) is 3. The van der Waals surface area contributed by atoms with Gasteiger partial charge in [-0.15, -0.1) is 32.9 Å². The van der Waals surface area contributed by atoms with E-state index >= 15 is 0 Å². The highest BCUT2D eigenvalue weighted by Gasteiger charge is 2.11. The van der Waals surface area contributed by atoms with Gasteiger partial charge in [-0.05, 0) is 18.4 Å². The van der Waals surface area contributed by atoms with E-state index in [1.807, 2.05) is 17.5 Å². The zero-order valence-corrected chi connectivity index (χ0v) is 15.3. The van der Waals surface area contributed by atoms with Crippen LogP contribution in [0.15, 0.2) is 56.8 Å². The molecule has 1 aromatic carbocycles. The Balaban J connectivity index is 1.42. The van der Waals surface area contributed by atoms with Crippen LogP contribution in [0.3, 0.4) is 0 Å². The van der Waals surface area contributed by atoms with E-state index in [2.05, 4.69) is 46.8 Å². The average Bonchev–Trinajstić information content (AvgIpc) is 3.34. The van der Waals surface area contributed by atoms with Gasteiger partial charge in [-0.2, -0.15) is 0 Å². The summed E-state index contributed by atoms with van der Waals surface area (Å²) in [5.74, 6) is 1.29. The SMILES string of the molecule is Cc1ccc(-c2nc(CSc3nnc(-c4cccs4)o3)cs2)cc1. The Morgan fingerprint density at radius 3 is 2.75 bits per heavy atom. The molecule has 0 saturated carbocycles. The number of aromatic nitrogens is 3. The fourth-order valence-electron chi connectivity index (χ4n) is 2.11. The smallest absolute Gasteiger partial charge is 0.277 e. The van der Waals surface area contributed by atoms with Crippen LogP contribution in [-0.4, -0.2) is 15.2 Å². The first-order valence-electron chi connectivity index (χ1n) is 7.29. The van der Waals surface area contributed by atoms with Gasteiger partial charge in [-0.1, -0.05) is 47.7 Å². The molecule has 4 aromatic rings. The minimum Gasteiger partial charge on any atom is -0.410 e. The van der Waals surface area contributed by atoms with Crippen LogP contribution < -0.4 is 0 Å². The molecule has 0 spiro atoms. The van der Waals surface area contributed by atoms with Crippen LogP contribution in [0.4, 0.5) is 0 Å². The second-order valence-corrected chi connectivity index (χ2v) is 7.88. The second kappa shape index (κ2) is 6.88. The molecular weight excluding hydrogens is 358 g/mol. The molecule has 4 nitrogen and oxygen atoms in total. The van der Waals surface area contributed by atoms with Gasteiger partial charge in [-0.25, -0.2) is 4.98 Å². The predicted octanol–water partition coefficient (Wildman–Crippen LogP) is 5.52. The Kier molecular flexibility index (Phi) is 4.46. The molecule has 0 unspecified atom stereocenters. The molecule has 0 radical (unpaired) electrons. The third-order valence-electron chi connectivity index (χ3n) is 3.33. The lowest BCUT2D eigenvalue weighted by Gasteiger charge is -1.96. The highest BCUT2D eigenvalue weighted by molar-refractivity contribution is 7.98. The van der Waals surface area contributed by atoms with E-state index < -0.39 is 0 Å². The minimum absolute atomic E-state index is 0.572. The summed E-state index contributed by atoms with van der Waals surface area (Å²) in [7, 11) is 0. The van der Waals surface area contributed by atoms with Crippen LogP contribution in [0.5, 0.6) is 0 Å². The summed E-state index contributed by atoms with van der Waals surface area (Å²) < 4.78 is 5.68. The lowest BCUT2D eigenvalue weighted by Crippen LogP contribution is -1.82. The summed E-state index contributed by atoms with van der Waals surface area (Å²) in [5.41, 5.74) is 3.43. The van der Waals surface area contributed by atoms with Crippen molar-refractivity contribution in [3.8, 4) is 21.3 Å². The quantitative estimate of drug-likeness (QED) is 0.432. The van der Waals surface area contributed by atoms with Gasteiger partial charge in [0.05, 0.1) is 10.6 Å². The van der Waals surface area contributed by atoms with Gasteiger partial charge >= 0.3 is 0 Å². The molecule has 0 aliphatic rings. The summed E-state index contributed by atoms with van der Waals surface area (Å²) in [6.45, 7) is 2.09. The van der Waals surface area contributed by atoms with Crippen molar-refractivity contribution in [3.05, 3.63) is 58.4 Å². The van der Waals surface area contributed by atoms with Gasteiger partial charge < -0.3 is 4.42 Å². The van der Waals surface area contributed by atoms with Gasteiger partial charge in [0.1, 0.15) is 5.01 Å². The Bertz CT molecular complexity index is 926. The number of hydrogen-bond donors (Lipinski definition) is 0. The maximum Gasteiger partial charge on any atom is 0.277 e. The van der Waals surface area contributed by atoms with Gasteiger partial charge in [0, 0.05) is 16.7 Å². The van der Waals surface area contributed by atoms with Crippen molar-refractivity contribution in [3.63, 3.8) is 0 Å². The van der Waals surface area contributed by atoms with Crippen molar-refractivity contribution in [2.45, 2.75) is 17.9 Å². The monoisotopic (exact) mass is 371 g/mol. The van der Waals surface area contributed by atoms with E-state index in [1.165, 1.54) is 17.3 Å². The summed E-state index contributed by atoms with van der Waals surface area (Å²) >= 11 is 4.76. The zero-order chi connectivity index (χ0) is 16.4. The van der Waals surface area contributed by atoms with Crippen molar-refractivity contribution in [1.29, 1.82) is 0 Å². The third-order valence-corrected chi connectivity index (χ3v) is 5.98. The molecule has 0 saturated heterocycles. The van der Waals surface area contributed by atoms with Crippen LogP contribution >= 0.6 is 34.4 Å². The molecule has 3 aromatic heterocycles. The van der Waals surface area contributed by atoms with Crippen LogP contribution in [0.2, 0.25) is 0 Å². The molecule has 7 heteroatoms. The first-order valence-corrected chi connectivity index (χ1v) is 10.0. The first-order chi connectivity index (χ1) is 11.8. The van der Waals surface area contributed by atoms with E-state index in [-0.39, 0.29) is 0 Å². The molecule has 0 amide bonds. The summed E-state index contributed by atoms with van der Waals surface area (Å²) in [6.07, 6.45) is 0. The highest BCUT2D eigenvalue weighted by atomic mass is 32.2. The minimum atomic E-state index is 0.572. The number of hydrogen-bond acceptors (Lipinski definition) is 7. The van der Waals surface area contributed by atoms with Crippen molar-refractivity contribution < 1.29 is 4.42 Å². The number of aryl methyl sites for hydroxylation is 1. The fraction of sp³-hybridized carbons (Fsp3) is 0.118. The highest BCUT2D eigenvalue weighted by Crippen LogP contribution is 2.30. The summed E-state index contributed by atoms with van der Waals surface area (Å²) in [5, 5.41) is 13.9. The number of thiazole rings is 1. The van der Waals surface area contributed by atoms with Crippen molar-refractivity contribution in [2.75, 3.05) is 0 Å². The molecule has 4 rings (SSSR count). The van der Waals surface area contributed by atoms with Crippen LogP contribution in [0, 0.1) is 6.92 Å². The van der Waals surface area contributed by atoms with E-state index in [9.17, 15) is 0 Å². The van der Waals surface area contributed by atoms with Crippen molar-refractivity contribution in [2.24, 2.45) is 0 Å².